The third-order valence-corrected chi connectivity index (χ3v) is 10.5. The predicted molar refractivity (Wildman–Crippen MR) is 259 cm³/mol. The quantitative estimate of drug-likeness (QED) is 0.0345. The number of nitrogens with two attached hydrogens (primary N) is 1. The van der Waals surface area contributed by atoms with Crippen molar-refractivity contribution in [2.24, 2.45) is 0 Å². The Morgan fingerprint density at radius 1 is 0.761 bits per heavy atom. The fourth-order valence-electron chi connectivity index (χ4n) is 5.94. The number of carbonyl (C=O) groups excluding carboxylic acids is 6. The lowest BCUT2D eigenvalue weighted by atomic mass is 9.97. The Labute approximate surface area is 419 Å². The number of amides is 4. The van der Waals surface area contributed by atoms with Crippen molar-refractivity contribution in [3.63, 3.8) is 0 Å². The second-order valence-corrected chi connectivity index (χ2v) is 18.9. The summed E-state index contributed by atoms with van der Waals surface area (Å²) in [5, 5.41) is 31.1. The van der Waals surface area contributed by atoms with Crippen LogP contribution < -0.4 is 31.7 Å². The molecule has 0 unspecified atom stereocenters. The number of nitriles is 2. The van der Waals surface area contributed by atoms with Gasteiger partial charge in [-0.15, -0.1) is 0 Å². The maximum Gasteiger partial charge on any atom is 0.408 e. The molecule has 4 amide bonds. The third-order valence-electron chi connectivity index (χ3n) is 9.23. The predicted octanol–water partition coefficient (Wildman–Crippen LogP) is 6.35. The number of rotatable bonds is 21. The van der Waals surface area contributed by atoms with Crippen LogP contribution in [0, 0.1) is 22.7 Å². The van der Waals surface area contributed by atoms with Crippen LogP contribution in [-0.2, 0) is 43.9 Å². The molecular weight excluding hydrogens is 962 g/mol. The minimum absolute atomic E-state index is 0.0173. The van der Waals surface area contributed by atoms with Gasteiger partial charge in [0.05, 0.1) is 24.1 Å². The first-order valence-corrected chi connectivity index (χ1v) is 23.4. The summed E-state index contributed by atoms with van der Waals surface area (Å²) in [6.07, 6.45) is -1.87. The number of ether oxygens (including phenoxy) is 5. The van der Waals surface area contributed by atoms with Crippen LogP contribution in [0.1, 0.15) is 85.1 Å². The summed E-state index contributed by atoms with van der Waals surface area (Å²) in [5.41, 5.74) is 6.73. The van der Waals surface area contributed by atoms with Crippen molar-refractivity contribution in [3.05, 3.63) is 76.6 Å². The molecule has 0 aliphatic carbocycles. The van der Waals surface area contributed by atoms with Crippen LogP contribution >= 0.6 is 23.4 Å². The van der Waals surface area contributed by atoms with Gasteiger partial charge in [0.1, 0.15) is 77.1 Å². The van der Waals surface area contributed by atoms with Gasteiger partial charge in [0.25, 0.3) is 0 Å². The van der Waals surface area contributed by atoms with Gasteiger partial charge in [0, 0.05) is 35.0 Å². The van der Waals surface area contributed by atoms with Gasteiger partial charge in [-0.05, 0) is 97.4 Å². The van der Waals surface area contributed by atoms with Crippen LogP contribution in [-0.4, -0.2) is 102 Å². The largest absolute Gasteiger partial charge is 0.490 e. The van der Waals surface area contributed by atoms with Crippen molar-refractivity contribution < 1.29 is 56.9 Å². The summed E-state index contributed by atoms with van der Waals surface area (Å²) in [6, 6.07) is 15.5. The number of halogens is 1. The molecule has 0 fully saturated rings. The highest BCUT2D eigenvalue weighted by Crippen LogP contribution is 2.37. The maximum absolute atomic E-state index is 13.0. The Bertz CT molecular complexity index is 2620. The van der Waals surface area contributed by atoms with E-state index in [0.29, 0.717) is 22.2 Å². The summed E-state index contributed by atoms with van der Waals surface area (Å²) in [6.45, 7) is 11.8. The highest BCUT2D eigenvalue weighted by Gasteiger charge is 2.25. The number of benzene rings is 2. The van der Waals surface area contributed by atoms with Crippen molar-refractivity contribution in [3.8, 4) is 40.5 Å². The van der Waals surface area contributed by atoms with Gasteiger partial charge in [-0.3, -0.25) is 19.2 Å². The number of carbonyl (C=O) groups is 6. The van der Waals surface area contributed by atoms with Crippen LogP contribution in [0.3, 0.4) is 0 Å². The SMILES string of the molecule is C[C@H](NC(=O)OC(C)(C)C)C(=O)NCCC(=O)OC[C@@H](COc1ccc(-c2c(C#N)c(N)nc(SCc3coc(-c4ccc(Cl)cc4)n3)c2C#N)cc1)OC(=O)CCNC(=O)[C@H](C)NC(=O)OC(C)(C)C. The Morgan fingerprint density at radius 3 is 1.83 bits per heavy atom. The van der Waals surface area contributed by atoms with Gasteiger partial charge in [-0.25, -0.2) is 19.6 Å². The van der Waals surface area contributed by atoms with E-state index in [2.05, 4.69) is 37.3 Å². The number of thioether (sulfide) groups is 1. The van der Waals surface area contributed by atoms with Crippen molar-refractivity contribution >= 4 is 65.1 Å². The van der Waals surface area contributed by atoms with E-state index in [-0.39, 0.29) is 71.6 Å². The van der Waals surface area contributed by atoms with E-state index in [0.717, 1.165) is 5.56 Å². The Balaban J connectivity index is 1.42. The number of alkyl carbamates (subject to hydrolysis) is 2. The zero-order valence-electron chi connectivity index (χ0n) is 40.4. The zero-order valence-corrected chi connectivity index (χ0v) is 42.0. The molecular formula is C48H56ClN9O12S. The molecule has 71 heavy (non-hydrogen) atoms. The number of hydrogen-bond donors (Lipinski definition) is 5. The molecule has 21 nitrogen and oxygen atoms in total. The first-order valence-electron chi connectivity index (χ1n) is 22.0. The number of anilines is 1. The number of nitrogens with one attached hydrogen (secondary N) is 4. The van der Waals surface area contributed by atoms with Crippen LogP contribution in [0.5, 0.6) is 5.75 Å². The maximum atomic E-state index is 13.0. The standard InChI is InChI=1S/C48H56ClN9O12S/c1-27(55-45(63)69-47(3,4)5)41(61)53-19-17-37(59)66-25-34(68-38(60)18-20-54-42(62)28(2)56-46(64)70-48(6,7)8)24-65-33-15-11-29(12-16-33)39-35(21-50)40(52)58-44(36(39)22-51)71-26-32-23-67-43(57-32)30-9-13-31(49)14-10-30/h9-16,23,27-28,34H,17-20,24-26H2,1-8H3,(H2,52,58)(H,53,61)(H,54,62)(H,55,63)(H,56,64)/t27-,28-,34+/m0/s1. The van der Waals surface area contributed by atoms with Crippen LogP contribution in [0.4, 0.5) is 15.4 Å². The second-order valence-electron chi connectivity index (χ2n) is 17.5. The Hall–Kier alpha value is -7.56. The average molecular weight is 1020 g/mol. The molecule has 4 aromatic rings. The van der Waals surface area contributed by atoms with Crippen molar-refractivity contribution in [1.82, 2.24) is 31.2 Å². The van der Waals surface area contributed by atoms with Crippen LogP contribution in [0.15, 0.2) is 64.2 Å². The summed E-state index contributed by atoms with van der Waals surface area (Å²) in [5.74, 6) is -1.93. The molecule has 378 valence electrons. The average Bonchev–Trinajstić information content (AvgIpc) is 3.77. The van der Waals surface area contributed by atoms with E-state index < -0.39 is 71.9 Å². The van der Waals surface area contributed by atoms with Gasteiger partial charge in [0.15, 0.2) is 6.10 Å². The summed E-state index contributed by atoms with van der Waals surface area (Å²) >= 11 is 7.19. The number of oxazole rings is 1. The smallest absolute Gasteiger partial charge is 0.408 e. The topological polar surface area (TPSA) is 309 Å². The Kier molecular flexibility index (Phi) is 20.4. The molecule has 2 aromatic carbocycles. The number of pyridine rings is 1. The number of hydrogen-bond acceptors (Lipinski definition) is 18. The fraction of sp³-hybridized carbons (Fsp3) is 0.417. The summed E-state index contributed by atoms with van der Waals surface area (Å²) < 4.78 is 32.9. The lowest BCUT2D eigenvalue weighted by Gasteiger charge is -2.22. The lowest BCUT2D eigenvalue weighted by molar-refractivity contribution is -0.160. The summed E-state index contributed by atoms with van der Waals surface area (Å²) in [4.78, 5) is 83.9. The van der Waals surface area contributed by atoms with Gasteiger partial charge in [0.2, 0.25) is 17.7 Å². The molecule has 2 heterocycles. The first-order chi connectivity index (χ1) is 33.4. The van der Waals surface area contributed by atoms with Crippen molar-refractivity contribution in [2.75, 3.05) is 32.0 Å². The third kappa shape index (κ3) is 18.7. The highest BCUT2D eigenvalue weighted by molar-refractivity contribution is 7.98. The van der Waals surface area contributed by atoms with Crippen LogP contribution in [0.2, 0.25) is 5.02 Å². The Morgan fingerprint density at radius 2 is 1.30 bits per heavy atom. The normalized spacial score (nSPS) is 12.4. The number of nitrogens with zero attached hydrogens (tertiary/aromatic N) is 4. The molecule has 0 aliphatic heterocycles. The van der Waals surface area contributed by atoms with Crippen LogP contribution in [0.25, 0.3) is 22.6 Å². The molecule has 0 spiro atoms. The molecule has 2 aromatic heterocycles. The van der Waals surface area contributed by atoms with E-state index in [1.807, 2.05) is 6.07 Å². The molecule has 6 N–H and O–H groups in total. The fourth-order valence-corrected chi connectivity index (χ4v) is 6.94. The van der Waals surface area contributed by atoms with E-state index in [1.165, 1.54) is 31.9 Å². The molecule has 4 rings (SSSR count). The van der Waals surface area contributed by atoms with Gasteiger partial charge in [-0.1, -0.05) is 35.5 Å². The van der Waals surface area contributed by atoms with E-state index in [4.69, 9.17) is 45.4 Å². The molecule has 0 aliphatic rings. The van der Waals surface area contributed by atoms with E-state index in [1.54, 1.807) is 90.1 Å². The molecule has 0 radical (unpaired) electrons. The molecule has 23 heteroatoms. The molecule has 3 atom stereocenters. The zero-order chi connectivity index (χ0) is 52.5. The van der Waals surface area contributed by atoms with Crippen molar-refractivity contribution in [1.29, 1.82) is 10.5 Å². The van der Waals surface area contributed by atoms with E-state index in [9.17, 15) is 39.3 Å². The minimum Gasteiger partial charge on any atom is -0.490 e. The number of nitrogen functional groups attached to an aromatic ring is 1. The van der Waals surface area contributed by atoms with Gasteiger partial charge >= 0.3 is 24.1 Å². The summed E-state index contributed by atoms with van der Waals surface area (Å²) in [7, 11) is 0. The second kappa shape index (κ2) is 25.9. The molecule has 0 saturated carbocycles. The lowest BCUT2D eigenvalue weighted by Crippen LogP contribution is -2.47. The number of aromatic nitrogens is 2. The van der Waals surface area contributed by atoms with Crippen molar-refractivity contribution in [2.45, 2.75) is 108 Å². The van der Waals surface area contributed by atoms with Gasteiger partial charge < -0.3 is 55.1 Å². The highest BCUT2D eigenvalue weighted by atomic mass is 35.5. The minimum atomic E-state index is -1.18. The van der Waals surface area contributed by atoms with Gasteiger partial charge in [-0.2, -0.15) is 10.5 Å². The van der Waals surface area contributed by atoms with E-state index >= 15 is 0 Å². The number of esters is 2. The monoisotopic (exact) mass is 1020 g/mol. The first kappa shape index (κ1) is 56.0. The molecule has 0 saturated heterocycles. The molecule has 0 bridgehead atoms.